The summed E-state index contributed by atoms with van der Waals surface area (Å²) in [6.07, 6.45) is 3.05. The molecule has 2 N–H and O–H groups in total. The first-order valence-electron chi connectivity index (χ1n) is 3.83. The molecule has 0 radical (unpaired) electrons. The molecule has 3 heteroatoms. The zero-order valence-corrected chi connectivity index (χ0v) is 6.33. The standard InChI is InChI=1S/C8H11N3/c9-8-6-7(2-3-10-8)11-4-1-5-11/h2-3,6H,1,4-5H2,(H2,9,10). The summed E-state index contributed by atoms with van der Waals surface area (Å²) in [6.45, 7) is 2.31. The fourth-order valence-electron chi connectivity index (χ4n) is 1.21. The number of aromatic nitrogens is 1. The van der Waals surface area contributed by atoms with Crippen molar-refractivity contribution >= 4 is 11.5 Å². The van der Waals surface area contributed by atoms with Crippen LogP contribution in [-0.4, -0.2) is 18.1 Å². The van der Waals surface area contributed by atoms with Crippen molar-refractivity contribution in [2.75, 3.05) is 23.7 Å². The molecule has 0 unspecified atom stereocenters. The minimum Gasteiger partial charge on any atom is -0.384 e. The summed E-state index contributed by atoms with van der Waals surface area (Å²) >= 11 is 0. The Morgan fingerprint density at radius 3 is 2.82 bits per heavy atom. The van der Waals surface area contributed by atoms with Gasteiger partial charge in [0.05, 0.1) is 0 Å². The number of rotatable bonds is 1. The van der Waals surface area contributed by atoms with Gasteiger partial charge in [0.2, 0.25) is 0 Å². The summed E-state index contributed by atoms with van der Waals surface area (Å²) in [7, 11) is 0. The largest absolute Gasteiger partial charge is 0.384 e. The molecule has 0 bridgehead atoms. The monoisotopic (exact) mass is 149 g/mol. The van der Waals surface area contributed by atoms with Crippen LogP contribution in [0.2, 0.25) is 0 Å². The van der Waals surface area contributed by atoms with Crippen molar-refractivity contribution in [3.05, 3.63) is 18.3 Å². The van der Waals surface area contributed by atoms with Gasteiger partial charge in [-0.1, -0.05) is 0 Å². The average Bonchev–Trinajstić information content (AvgIpc) is 1.83. The van der Waals surface area contributed by atoms with E-state index < -0.39 is 0 Å². The molecule has 0 aromatic carbocycles. The Labute approximate surface area is 65.8 Å². The number of pyridine rings is 1. The molecule has 1 aliphatic heterocycles. The van der Waals surface area contributed by atoms with Crippen molar-refractivity contribution < 1.29 is 0 Å². The van der Waals surface area contributed by atoms with Gasteiger partial charge in [-0.05, 0) is 12.5 Å². The molecule has 0 spiro atoms. The molecule has 0 aliphatic carbocycles. The minimum atomic E-state index is 0.606. The molecule has 0 saturated carbocycles. The number of nitrogens with two attached hydrogens (primary N) is 1. The molecule has 1 aromatic rings. The number of hydrogen-bond acceptors (Lipinski definition) is 3. The lowest BCUT2D eigenvalue weighted by molar-refractivity contribution is 0.617. The van der Waals surface area contributed by atoms with Crippen molar-refractivity contribution in [2.24, 2.45) is 0 Å². The third-order valence-corrected chi connectivity index (χ3v) is 1.99. The topological polar surface area (TPSA) is 42.1 Å². The fourth-order valence-corrected chi connectivity index (χ4v) is 1.21. The molecule has 11 heavy (non-hydrogen) atoms. The maximum Gasteiger partial charge on any atom is 0.125 e. The van der Waals surface area contributed by atoms with E-state index in [-0.39, 0.29) is 0 Å². The van der Waals surface area contributed by atoms with Gasteiger partial charge in [-0.2, -0.15) is 0 Å². The van der Waals surface area contributed by atoms with Crippen LogP contribution in [0.3, 0.4) is 0 Å². The molecular weight excluding hydrogens is 138 g/mol. The normalized spacial score (nSPS) is 16.2. The van der Waals surface area contributed by atoms with Crippen LogP contribution in [0.4, 0.5) is 11.5 Å². The summed E-state index contributed by atoms with van der Waals surface area (Å²) in [5, 5.41) is 0. The maximum atomic E-state index is 5.54. The van der Waals surface area contributed by atoms with Crippen LogP contribution in [0.5, 0.6) is 0 Å². The molecule has 0 amide bonds. The molecule has 0 atom stereocenters. The van der Waals surface area contributed by atoms with E-state index in [0.717, 1.165) is 13.1 Å². The van der Waals surface area contributed by atoms with E-state index in [1.165, 1.54) is 12.1 Å². The summed E-state index contributed by atoms with van der Waals surface area (Å²) in [4.78, 5) is 6.22. The van der Waals surface area contributed by atoms with E-state index in [1.54, 1.807) is 6.20 Å². The molecule has 1 aliphatic rings. The number of hydrogen-bond donors (Lipinski definition) is 1. The summed E-state index contributed by atoms with van der Waals surface area (Å²) in [6, 6.07) is 3.91. The summed E-state index contributed by atoms with van der Waals surface area (Å²) in [5.41, 5.74) is 6.74. The van der Waals surface area contributed by atoms with Crippen molar-refractivity contribution in [3.63, 3.8) is 0 Å². The van der Waals surface area contributed by atoms with Gasteiger partial charge in [0.15, 0.2) is 0 Å². The van der Waals surface area contributed by atoms with Crippen LogP contribution >= 0.6 is 0 Å². The predicted molar refractivity (Wildman–Crippen MR) is 45.5 cm³/mol. The highest BCUT2D eigenvalue weighted by Gasteiger charge is 2.13. The van der Waals surface area contributed by atoms with Crippen molar-refractivity contribution in [2.45, 2.75) is 6.42 Å². The van der Waals surface area contributed by atoms with Gasteiger partial charge in [-0.25, -0.2) is 4.98 Å². The van der Waals surface area contributed by atoms with E-state index in [2.05, 4.69) is 9.88 Å². The molecule has 1 fully saturated rings. The number of anilines is 2. The quantitative estimate of drug-likeness (QED) is 0.644. The zero-order chi connectivity index (χ0) is 7.68. The van der Waals surface area contributed by atoms with E-state index >= 15 is 0 Å². The SMILES string of the molecule is Nc1cc(N2CCC2)ccn1. The highest BCUT2D eigenvalue weighted by atomic mass is 15.2. The van der Waals surface area contributed by atoms with E-state index in [1.807, 2.05) is 12.1 Å². The minimum absolute atomic E-state index is 0.606. The molecule has 2 rings (SSSR count). The summed E-state index contributed by atoms with van der Waals surface area (Å²) < 4.78 is 0. The van der Waals surface area contributed by atoms with E-state index in [4.69, 9.17) is 5.73 Å². The van der Waals surface area contributed by atoms with Gasteiger partial charge >= 0.3 is 0 Å². The smallest absolute Gasteiger partial charge is 0.125 e. The molecule has 3 nitrogen and oxygen atoms in total. The first kappa shape index (κ1) is 6.46. The Kier molecular flexibility index (Phi) is 1.42. The Morgan fingerprint density at radius 1 is 1.45 bits per heavy atom. The first-order chi connectivity index (χ1) is 5.36. The average molecular weight is 149 g/mol. The van der Waals surface area contributed by atoms with Gasteiger partial charge in [-0.15, -0.1) is 0 Å². The van der Waals surface area contributed by atoms with Gasteiger partial charge in [0, 0.05) is 31.0 Å². The van der Waals surface area contributed by atoms with Crippen molar-refractivity contribution in [1.29, 1.82) is 0 Å². The highest BCUT2D eigenvalue weighted by Crippen LogP contribution is 2.20. The Morgan fingerprint density at radius 2 is 2.27 bits per heavy atom. The van der Waals surface area contributed by atoms with Crippen LogP contribution < -0.4 is 10.6 Å². The molecule has 1 saturated heterocycles. The molecule has 1 aromatic heterocycles. The lowest BCUT2D eigenvalue weighted by atomic mass is 10.2. The van der Waals surface area contributed by atoms with Gasteiger partial charge < -0.3 is 10.6 Å². The van der Waals surface area contributed by atoms with E-state index in [9.17, 15) is 0 Å². The third-order valence-electron chi connectivity index (χ3n) is 1.99. The second-order valence-electron chi connectivity index (χ2n) is 2.78. The van der Waals surface area contributed by atoms with Gasteiger partial charge in [-0.3, -0.25) is 0 Å². The second kappa shape index (κ2) is 2.42. The Bertz CT molecular complexity index is 255. The zero-order valence-electron chi connectivity index (χ0n) is 6.33. The Balaban J connectivity index is 2.23. The fraction of sp³-hybridized carbons (Fsp3) is 0.375. The molecule has 58 valence electrons. The lowest BCUT2D eigenvalue weighted by Gasteiger charge is -2.33. The van der Waals surface area contributed by atoms with Crippen molar-refractivity contribution in [1.82, 2.24) is 4.98 Å². The number of nitrogens with zero attached hydrogens (tertiary/aromatic N) is 2. The van der Waals surface area contributed by atoms with Crippen LogP contribution in [0.25, 0.3) is 0 Å². The predicted octanol–water partition coefficient (Wildman–Crippen LogP) is 0.874. The molecular formula is C8H11N3. The highest BCUT2D eigenvalue weighted by molar-refractivity contribution is 5.53. The Hall–Kier alpha value is -1.25. The van der Waals surface area contributed by atoms with Crippen molar-refractivity contribution in [3.8, 4) is 0 Å². The van der Waals surface area contributed by atoms with Crippen LogP contribution in [0.1, 0.15) is 6.42 Å². The second-order valence-corrected chi connectivity index (χ2v) is 2.78. The summed E-state index contributed by atoms with van der Waals surface area (Å²) in [5.74, 6) is 0.606. The number of nitrogen functional groups attached to an aromatic ring is 1. The maximum absolute atomic E-state index is 5.54. The van der Waals surface area contributed by atoms with Crippen LogP contribution in [0.15, 0.2) is 18.3 Å². The van der Waals surface area contributed by atoms with Gasteiger partial charge in [0.1, 0.15) is 5.82 Å². The molecule has 2 heterocycles. The van der Waals surface area contributed by atoms with E-state index in [0.29, 0.717) is 5.82 Å². The lowest BCUT2D eigenvalue weighted by Crippen LogP contribution is -2.36. The van der Waals surface area contributed by atoms with Gasteiger partial charge in [0.25, 0.3) is 0 Å². The van der Waals surface area contributed by atoms with Crippen LogP contribution in [-0.2, 0) is 0 Å². The third kappa shape index (κ3) is 1.13. The van der Waals surface area contributed by atoms with Crippen LogP contribution in [0, 0.1) is 0 Å². The first-order valence-corrected chi connectivity index (χ1v) is 3.83.